The van der Waals surface area contributed by atoms with Gasteiger partial charge in [-0.25, -0.2) is 9.78 Å². The summed E-state index contributed by atoms with van der Waals surface area (Å²) in [5.74, 6) is -0.798. The van der Waals surface area contributed by atoms with Crippen molar-refractivity contribution in [3.05, 3.63) is 53.7 Å². The number of unbranched alkanes of at least 4 members (excludes halogenated alkanes) is 1. The molecule has 1 heterocycles. The van der Waals surface area contributed by atoms with Gasteiger partial charge in [0.25, 0.3) is 0 Å². The number of hydrogen-bond acceptors (Lipinski definition) is 4. The van der Waals surface area contributed by atoms with Gasteiger partial charge in [0.05, 0.1) is 11.9 Å². The van der Waals surface area contributed by atoms with Gasteiger partial charge in [-0.15, -0.1) is 0 Å². The summed E-state index contributed by atoms with van der Waals surface area (Å²) in [6.07, 6.45) is 3.65. The molecule has 0 spiro atoms. The molecule has 0 bridgehead atoms. The Labute approximate surface area is 153 Å². The Bertz CT molecular complexity index is 747. The van der Waals surface area contributed by atoms with Crippen LogP contribution in [0.25, 0.3) is 0 Å². The lowest BCUT2D eigenvalue weighted by Gasteiger charge is -2.24. The fourth-order valence-electron chi connectivity index (χ4n) is 2.64. The largest absolute Gasteiger partial charge is 0.478 e. The van der Waals surface area contributed by atoms with Crippen LogP contribution in [0.5, 0.6) is 0 Å². The Morgan fingerprint density at radius 1 is 1.19 bits per heavy atom. The Morgan fingerprint density at radius 3 is 2.54 bits per heavy atom. The van der Waals surface area contributed by atoms with Crippen LogP contribution in [0.2, 0.25) is 0 Å². The summed E-state index contributed by atoms with van der Waals surface area (Å²) in [5.41, 5.74) is 1.56. The first kappa shape index (κ1) is 19.4. The molecule has 1 aromatic carbocycles. The maximum absolute atomic E-state index is 11.9. The first-order chi connectivity index (χ1) is 12.5. The quantitative estimate of drug-likeness (QED) is 0.712. The molecular formula is C20H25N3O3. The second-order valence-corrected chi connectivity index (χ2v) is 6.05. The van der Waals surface area contributed by atoms with Crippen LogP contribution >= 0.6 is 0 Å². The molecule has 0 saturated heterocycles. The molecule has 1 aromatic heterocycles. The summed E-state index contributed by atoms with van der Waals surface area (Å²) < 4.78 is 0. The van der Waals surface area contributed by atoms with Crippen LogP contribution in [-0.4, -0.2) is 28.5 Å². The molecule has 2 N–H and O–H groups in total. The van der Waals surface area contributed by atoms with Crippen LogP contribution in [-0.2, 0) is 11.3 Å². The van der Waals surface area contributed by atoms with E-state index in [1.54, 1.807) is 0 Å². The van der Waals surface area contributed by atoms with Crippen molar-refractivity contribution in [2.75, 3.05) is 16.8 Å². The lowest BCUT2D eigenvalue weighted by atomic mass is 10.1. The molecule has 0 fully saturated rings. The fourth-order valence-corrected chi connectivity index (χ4v) is 2.64. The Kier molecular flexibility index (Phi) is 7.14. The Morgan fingerprint density at radius 2 is 1.92 bits per heavy atom. The van der Waals surface area contributed by atoms with Crippen molar-refractivity contribution in [1.29, 1.82) is 0 Å². The van der Waals surface area contributed by atoms with Crippen molar-refractivity contribution in [2.45, 2.75) is 39.7 Å². The molecule has 138 valence electrons. The molecule has 26 heavy (non-hydrogen) atoms. The molecular weight excluding hydrogens is 330 g/mol. The third kappa shape index (κ3) is 5.31. The van der Waals surface area contributed by atoms with Gasteiger partial charge in [0.2, 0.25) is 5.91 Å². The predicted molar refractivity (Wildman–Crippen MR) is 103 cm³/mol. The molecule has 0 radical (unpaired) electrons. The molecule has 0 aliphatic rings. The van der Waals surface area contributed by atoms with Crippen LogP contribution in [0.3, 0.4) is 0 Å². The van der Waals surface area contributed by atoms with Crippen LogP contribution in [0.4, 0.5) is 11.5 Å². The highest BCUT2D eigenvalue weighted by molar-refractivity contribution is 5.97. The number of pyridine rings is 1. The van der Waals surface area contributed by atoms with Crippen molar-refractivity contribution in [3.63, 3.8) is 0 Å². The number of carbonyl (C=O) groups excluding carboxylic acids is 1. The highest BCUT2D eigenvalue weighted by atomic mass is 16.4. The van der Waals surface area contributed by atoms with E-state index in [1.165, 1.54) is 12.3 Å². The maximum atomic E-state index is 11.9. The zero-order valence-corrected chi connectivity index (χ0v) is 15.2. The summed E-state index contributed by atoms with van der Waals surface area (Å²) in [6, 6.07) is 11.3. The Hall–Kier alpha value is -2.89. The summed E-state index contributed by atoms with van der Waals surface area (Å²) in [5, 5.41) is 12.3. The van der Waals surface area contributed by atoms with E-state index in [0.717, 1.165) is 18.4 Å². The molecule has 2 aromatic rings. The molecule has 0 aliphatic carbocycles. The number of anilines is 2. The molecule has 1 amide bonds. The lowest BCUT2D eigenvalue weighted by Crippen LogP contribution is -2.25. The minimum Gasteiger partial charge on any atom is -0.478 e. The SMILES string of the molecule is CCCCC(=O)Nc1cnc(N(CC)Cc2ccccc2)c(C(=O)O)c1. The first-order valence-electron chi connectivity index (χ1n) is 8.87. The zero-order valence-electron chi connectivity index (χ0n) is 15.2. The number of nitrogens with one attached hydrogen (secondary N) is 1. The fraction of sp³-hybridized carbons (Fsp3) is 0.350. The number of amides is 1. The third-order valence-electron chi connectivity index (χ3n) is 4.04. The average molecular weight is 355 g/mol. The van der Waals surface area contributed by atoms with Gasteiger partial charge in [0.15, 0.2) is 0 Å². The normalized spacial score (nSPS) is 10.4. The van der Waals surface area contributed by atoms with Gasteiger partial charge in [-0.1, -0.05) is 43.7 Å². The van der Waals surface area contributed by atoms with E-state index >= 15 is 0 Å². The van der Waals surface area contributed by atoms with E-state index in [1.807, 2.05) is 49.1 Å². The van der Waals surface area contributed by atoms with E-state index in [9.17, 15) is 14.7 Å². The van der Waals surface area contributed by atoms with Gasteiger partial charge in [-0.3, -0.25) is 4.79 Å². The summed E-state index contributed by atoms with van der Waals surface area (Å²) >= 11 is 0. The van der Waals surface area contributed by atoms with E-state index in [0.29, 0.717) is 31.0 Å². The highest BCUT2D eigenvalue weighted by Crippen LogP contribution is 2.23. The minimum atomic E-state index is -1.07. The molecule has 6 nitrogen and oxygen atoms in total. The van der Waals surface area contributed by atoms with E-state index in [2.05, 4.69) is 10.3 Å². The van der Waals surface area contributed by atoms with Gasteiger partial charge < -0.3 is 15.3 Å². The van der Waals surface area contributed by atoms with Crippen molar-refractivity contribution in [3.8, 4) is 0 Å². The molecule has 6 heteroatoms. The number of benzene rings is 1. The number of carbonyl (C=O) groups is 2. The van der Waals surface area contributed by atoms with Gasteiger partial charge in [0.1, 0.15) is 11.4 Å². The molecule has 0 unspecified atom stereocenters. The lowest BCUT2D eigenvalue weighted by molar-refractivity contribution is -0.116. The topological polar surface area (TPSA) is 82.5 Å². The van der Waals surface area contributed by atoms with Gasteiger partial charge >= 0.3 is 5.97 Å². The van der Waals surface area contributed by atoms with Crippen LogP contribution in [0.1, 0.15) is 49.0 Å². The number of nitrogens with zero attached hydrogens (tertiary/aromatic N) is 2. The molecule has 0 aliphatic heterocycles. The van der Waals surface area contributed by atoms with Gasteiger partial charge in [-0.05, 0) is 25.0 Å². The molecule has 0 atom stereocenters. The van der Waals surface area contributed by atoms with E-state index < -0.39 is 5.97 Å². The molecule has 2 rings (SSSR count). The zero-order chi connectivity index (χ0) is 18.9. The van der Waals surface area contributed by atoms with Gasteiger partial charge in [-0.2, -0.15) is 0 Å². The maximum Gasteiger partial charge on any atom is 0.339 e. The highest BCUT2D eigenvalue weighted by Gasteiger charge is 2.18. The molecule has 0 saturated carbocycles. The van der Waals surface area contributed by atoms with Crippen molar-refractivity contribution in [2.24, 2.45) is 0 Å². The smallest absolute Gasteiger partial charge is 0.339 e. The Balaban J connectivity index is 2.24. The number of carboxylic acids is 1. The monoisotopic (exact) mass is 355 g/mol. The van der Waals surface area contributed by atoms with Crippen LogP contribution in [0.15, 0.2) is 42.6 Å². The number of carboxylic acid groups (broad SMARTS) is 1. The number of aromatic carboxylic acids is 1. The van der Waals surface area contributed by atoms with Crippen LogP contribution < -0.4 is 10.2 Å². The first-order valence-corrected chi connectivity index (χ1v) is 8.87. The third-order valence-corrected chi connectivity index (χ3v) is 4.04. The summed E-state index contributed by atoms with van der Waals surface area (Å²) in [4.78, 5) is 29.8. The standard InChI is InChI=1S/C20H25N3O3/c1-3-5-11-18(24)22-16-12-17(20(25)26)19(21-13-16)23(4-2)14-15-9-7-6-8-10-15/h6-10,12-13H,3-5,11,14H2,1-2H3,(H,22,24)(H,25,26). The second kappa shape index (κ2) is 9.56. The second-order valence-electron chi connectivity index (χ2n) is 6.05. The minimum absolute atomic E-state index is 0.0797. The average Bonchev–Trinajstić information content (AvgIpc) is 2.65. The summed E-state index contributed by atoms with van der Waals surface area (Å²) in [6.45, 7) is 5.14. The number of aromatic nitrogens is 1. The number of hydrogen-bond donors (Lipinski definition) is 2. The predicted octanol–water partition coefficient (Wildman–Crippen LogP) is 3.94. The van der Waals surface area contributed by atoms with E-state index in [4.69, 9.17) is 0 Å². The number of rotatable bonds is 9. The van der Waals surface area contributed by atoms with Crippen LogP contribution in [0, 0.1) is 0 Å². The van der Waals surface area contributed by atoms with E-state index in [-0.39, 0.29) is 11.5 Å². The van der Waals surface area contributed by atoms with Gasteiger partial charge in [0, 0.05) is 19.5 Å². The van der Waals surface area contributed by atoms with Crippen molar-refractivity contribution in [1.82, 2.24) is 4.98 Å². The van der Waals surface area contributed by atoms with Crippen molar-refractivity contribution < 1.29 is 14.7 Å². The van der Waals surface area contributed by atoms with Crippen molar-refractivity contribution >= 4 is 23.4 Å². The summed E-state index contributed by atoms with van der Waals surface area (Å²) in [7, 11) is 0.